The van der Waals surface area contributed by atoms with Crippen molar-refractivity contribution in [2.75, 3.05) is 31.9 Å². The maximum atomic E-state index is 14.0. The molecule has 0 aliphatic carbocycles. The van der Waals surface area contributed by atoms with Crippen LogP contribution in [0.3, 0.4) is 0 Å². The fourth-order valence-electron chi connectivity index (χ4n) is 4.03. The molecule has 2 N–H and O–H groups in total. The number of aromatic nitrogens is 3. The van der Waals surface area contributed by atoms with E-state index in [1.54, 1.807) is 11.0 Å². The Balaban J connectivity index is 1.32. The van der Waals surface area contributed by atoms with Gasteiger partial charge in [-0.2, -0.15) is 23.0 Å². The van der Waals surface area contributed by atoms with Gasteiger partial charge in [-0.1, -0.05) is 24.3 Å². The highest BCUT2D eigenvalue weighted by molar-refractivity contribution is 7.21. The molecule has 176 valence electrons. The number of fused-ring (bicyclic) bond motifs is 1. The number of nitrogens with zero attached hydrogens (tertiary/aromatic N) is 5. The molecule has 0 saturated carbocycles. The summed E-state index contributed by atoms with van der Waals surface area (Å²) < 4.78 is 44.0. The van der Waals surface area contributed by atoms with Gasteiger partial charge in [0.1, 0.15) is 5.01 Å². The van der Waals surface area contributed by atoms with Crippen molar-refractivity contribution in [3.63, 3.8) is 0 Å². The number of hydrogen-bond acceptors (Lipinski definition) is 6. The molecule has 0 radical (unpaired) electrons. The zero-order chi connectivity index (χ0) is 23.9. The zero-order valence-corrected chi connectivity index (χ0v) is 18.8. The Bertz CT molecular complexity index is 1310. The van der Waals surface area contributed by atoms with E-state index in [4.69, 9.17) is 5.73 Å². The summed E-state index contributed by atoms with van der Waals surface area (Å²) in [5.41, 5.74) is 6.77. The van der Waals surface area contributed by atoms with Crippen LogP contribution in [0.5, 0.6) is 0 Å². The molecular formula is C23H21F3N6OS. The van der Waals surface area contributed by atoms with Gasteiger partial charge in [0.05, 0.1) is 33.9 Å². The van der Waals surface area contributed by atoms with Crippen LogP contribution in [0.15, 0.2) is 54.9 Å². The number of carbonyl (C=O) groups excluding carboxylic acids is 1. The number of hydrogen-bond donors (Lipinski definition) is 1. The first kappa shape index (κ1) is 22.4. The molecule has 1 fully saturated rings. The third-order valence-electron chi connectivity index (χ3n) is 5.79. The minimum atomic E-state index is -4.49. The SMILES string of the molecule is Nc1cnn(C(=O)N2CCN(Cc3ccc(-c4nc5ccccc5s4)cc3C(F)(F)F)CC2)c1. The monoisotopic (exact) mass is 486 g/mol. The van der Waals surface area contributed by atoms with Crippen LogP contribution in [-0.2, 0) is 12.7 Å². The number of benzene rings is 2. The molecule has 1 saturated heterocycles. The molecule has 5 rings (SSSR count). The normalized spacial score (nSPS) is 15.2. The minimum absolute atomic E-state index is 0.145. The number of amides is 1. The second-order valence-electron chi connectivity index (χ2n) is 8.12. The summed E-state index contributed by atoms with van der Waals surface area (Å²) in [7, 11) is 0. The molecular weight excluding hydrogens is 465 g/mol. The van der Waals surface area contributed by atoms with Crippen LogP contribution < -0.4 is 5.73 Å². The summed E-state index contributed by atoms with van der Waals surface area (Å²) in [6.07, 6.45) is -1.65. The number of alkyl halides is 3. The van der Waals surface area contributed by atoms with E-state index in [2.05, 4.69) is 10.1 Å². The molecule has 0 atom stereocenters. The molecule has 11 heteroatoms. The fourth-order valence-corrected chi connectivity index (χ4v) is 4.99. The smallest absolute Gasteiger partial charge is 0.396 e. The summed E-state index contributed by atoms with van der Waals surface area (Å²) in [5.74, 6) is 0. The molecule has 34 heavy (non-hydrogen) atoms. The lowest BCUT2D eigenvalue weighted by atomic mass is 10.0. The fraction of sp³-hybridized carbons (Fsp3) is 0.261. The summed E-state index contributed by atoms with van der Waals surface area (Å²) in [4.78, 5) is 20.5. The number of nitrogens with two attached hydrogens (primary N) is 1. The maximum absolute atomic E-state index is 14.0. The predicted molar refractivity (Wildman–Crippen MR) is 124 cm³/mol. The molecule has 1 aliphatic heterocycles. The van der Waals surface area contributed by atoms with Crippen molar-refractivity contribution in [2.45, 2.75) is 12.7 Å². The zero-order valence-electron chi connectivity index (χ0n) is 18.0. The number of para-hydroxylation sites is 1. The van der Waals surface area contributed by atoms with Crippen LogP contribution in [0.1, 0.15) is 11.1 Å². The van der Waals surface area contributed by atoms with Crippen molar-refractivity contribution >= 4 is 33.3 Å². The lowest BCUT2D eigenvalue weighted by molar-refractivity contribution is -0.138. The molecule has 7 nitrogen and oxygen atoms in total. The first-order chi connectivity index (χ1) is 16.3. The summed E-state index contributed by atoms with van der Waals surface area (Å²) in [6, 6.07) is 11.6. The highest BCUT2D eigenvalue weighted by atomic mass is 32.1. The van der Waals surface area contributed by atoms with Crippen molar-refractivity contribution in [1.82, 2.24) is 24.6 Å². The molecule has 2 aromatic heterocycles. The van der Waals surface area contributed by atoms with Gasteiger partial charge < -0.3 is 10.6 Å². The Morgan fingerprint density at radius 2 is 1.85 bits per heavy atom. The van der Waals surface area contributed by atoms with E-state index >= 15 is 0 Å². The van der Waals surface area contributed by atoms with Crippen molar-refractivity contribution in [1.29, 1.82) is 0 Å². The molecule has 0 unspecified atom stereocenters. The molecule has 1 amide bonds. The molecule has 1 aliphatic rings. The van der Waals surface area contributed by atoms with Crippen LogP contribution in [0.4, 0.5) is 23.7 Å². The second-order valence-corrected chi connectivity index (χ2v) is 9.15. The van der Waals surface area contributed by atoms with Crippen LogP contribution in [-0.4, -0.2) is 56.8 Å². The van der Waals surface area contributed by atoms with Gasteiger partial charge >= 0.3 is 12.2 Å². The van der Waals surface area contributed by atoms with Gasteiger partial charge in [-0.3, -0.25) is 4.90 Å². The summed E-state index contributed by atoms with van der Waals surface area (Å²) in [6.45, 7) is 1.85. The summed E-state index contributed by atoms with van der Waals surface area (Å²) in [5, 5.41) is 4.48. The van der Waals surface area contributed by atoms with E-state index in [9.17, 15) is 18.0 Å². The Morgan fingerprint density at radius 3 is 2.53 bits per heavy atom. The number of carbonyl (C=O) groups is 1. The van der Waals surface area contributed by atoms with Crippen LogP contribution >= 0.6 is 11.3 Å². The maximum Gasteiger partial charge on any atom is 0.416 e. The molecule has 4 aromatic rings. The van der Waals surface area contributed by atoms with Gasteiger partial charge in [-0.05, 0) is 23.8 Å². The number of halogens is 3. The van der Waals surface area contributed by atoms with Gasteiger partial charge in [0, 0.05) is 38.3 Å². The lowest BCUT2D eigenvalue weighted by Gasteiger charge is -2.34. The van der Waals surface area contributed by atoms with E-state index < -0.39 is 11.7 Å². The van der Waals surface area contributed by atoms with E-state index in [0.29, 0.717) is 42.4 Å². The van der Waals surface area contributed by atoms with E-state index in [1.165, 1.54) is 40.5 Å². The topological polar surface area (TPSA) is 80.3 Å². The Hall–Kier alpha value is -3.44. The highest BCUT2D eigenvalue weighted by Gasteiger charge is 2.34. The van der Waals surface area contributed by atoms with Gasteiger partial charge in [0.25, 0.3) is 0 Å². The van der Waals surface area contributed by atoms with E-state index in [-0.39, 0.29) is 18.1 Å². The number of rotatable bonds is 3. The van der Waals surface area contributed by atoms with Gasteiger partial charge in [0.15, 0.2) is 0 Å². The predicted octanol–water partition coefficient (Wildman–Crippen LogP) is 4.55. The quantitative estimate of drug-likeness (QED) is 0.460. The average Bonchev–Trinajstić information content (AvgIpc) is 3.45. The minimum Gasteiger partial charge on any atom is -0.396 e. The van der Waals surface area contributed by atoms with Crippen molar-refractivity contribution in [3.8, 4) is 10.6 Å². The first-order valence-electron chi connectivity index (χ1n) is 10.7. The van der Waals surface area contributed by atoms with E-state index in [0.717, 1.165) is 10.2 Å². The first-order valence-corrected chi connectivity index (χ1v) is 11.5. The Kier molecular flexibility index (Phi) is 5.74. The largest absolute Gasteiger partial charge is 0.416 e. The number of piperazine rings is 1. The molecule has 3 heterocycles. The Morgan fingerprint density at radius 1 is 1.09 bits per heavy atom. The number of anilines is 1. The summed E-state index contributed by atoms with van der Waals surface area (Å²) >= 11 is 1.37. The van der Waals surface area contributed by atoms with Crippen molar-refractivity contribution in [2.24, 2.45) is 0 Å². The van der Waals surface area contributed by atoms with Crippen molar-refractivity contribution in [3.05, 3.63) is 66.0 Å². The van der Waals surface area contributed by atoms with Crippen LogP contribution in [0.25, 0.3) is 20.8 Å². The lowest BCUT2D eigenvalue weighted by Crippen LogP contribution is -2.49. The number of nitrogen functional groups attached to an aromatic ring is 1. The van der Waals surface area contributed by atoms with E-state index in [1.807, 2.05) is 29.2 Å². The molecule has 2 aromatic carbocycles. The number of thiazole rings is 1. The van der Waals surface area contributed by atoms with Crippen LogP contribution in [0, 0.1) is 0 Å². The molecule has 0 bridgehead atoms. The Labute approximate surface area is 197 Å². The third-order valence-corrected chi connectivity index (χ3v) is 6.88. The van der Waals surface area contributed by atoms with Crippen LogP contribution in [0.2, 0.25) is 0 Å². The van der Waals surface area contributed by atoms with Crippen molar-refractivity contribution < 1.29 is 18.0 Å². The molecule has 0 spiro atoms. The van der Waals surface area contributed by atoms with Gasteiger partial charge in [-0.15, -0.1) is 11.3 Å². The average molecular weight is 487 g/mol. The van der Waals surface area contributed by atoms with Gasteiger partial charge in [-0.25, -0.2) is 9.78 Å². The standard InChI is InChI=1S/C23H21F3N6OS/c24-23(25,26)18-11-15(21-29-19-3-1-2-4-20(19)34-21)5-6-16(18)13-30-7-9-31(10-8-30)22(33)32-14-17(27)12-28-32/h1-6,11-12,14H,7-10,13,27H2. The third kappa shape index (κ3) is 4.48. The van der Waals surface area contributed by atoms with Gasteiger partial charge in [0.2, 0.25) is 0 Å². The highest BCUT2D eigenvalue weighted by Crippen LogP contribution is 2.37. The second kappa shape index (κ2) is 8.73.